The molecule has 0 fully saturated rings. The zero-order valence-electron chi connectivity index (χ0n) is 12.0. The minimum absolute atomic E-state index is 0.0127. The molecule has 0 saturated heterocycles. The number of nitrogens with one attached hydrogen (secondary N) is 1. The molecule has 0 aliphatic carbocycles. The van der Waals surface area contributed by atoms with Crippen LogP contribution in [0.5, 0.6) is 5.75 Å². The monoisotopic (exact) mass is 337 g/mol. The zero-order valence-corrected chi connectivity index (χ0v) is 13.6. The summed E-state index contributed by atoms with van der Waals surface area (Å²) in [6.07, 6.45) is 0.141. The summed E-state index contributed by atoms with van der Waals surface area (Å²) in [5, 5.41) is 3.45. The number of benzene rings is 1. The van der Waals surface area contributed by atoms with Crippen LogP contribution in [0.2, 0.25) is 0 Å². The molecule has 0 aliphatic heterocycles. The molecule has 1 N–H and O–H groups in total. The number of para-hydroxylation sites is 1. The van der Waals surface area contributed by atoms with Gasteiger partial charge >= 0.3 is 0 Å². The topological polar surface area (TPSA) is 34.4 Å². The summed E-state index contributed by atoms with van der Waals surface area (Å²) >= 11 is 3.36. The molecule has 3 nitrogen and oxygen atoms in total. The molecule has 2 rings (SSSR count). The first kappa shape index (κ1) is 15.1. The Hall–Kier alpha value is -1.26. The molecule has 1 unspecified atom stereocenters. The molecule has 0 bridgehead atoms. The van der Waals surface area contributed by atoms with E-state index in [1.165, 1.54) is 0 Å². The van der Waals surface area contributed by atoms with E-state index in [9.17, 15) is 0 Å². The zero-order chi connectivity index (χ0) is 14.5. The normalized spacial score (nSPS) is 12.7. The second kappa shape index (κ2) is 6.95. The summed E-state index contributed by atoms with van der Waals surface area (Å²) < 4.78 is 12.4. The second-order valence-electron chi connectivity index (χ2n) is 4.84. The van der Waals surface area contributed by atoms with Crippen LogP contribution in [0.25, 0.3) is 0 Å². The van der Waals surface area contributed by atoms with E-state index in [0.717, 1.165) is 28.3 Å². The van der Waals surface area contributed by atoms with Crippen molar-refractivity contribution in [3.63, 3.8) is 0 Å². The fourth-order valence-corrected chi connectivity index (χ4v) is 2.45. The Labute approximate surface area is 128 Å². The predicted molar refractivity (Wildman–Crippen MR) is 84.1 cm³/mol. The molecule has 1 aromatic heterocycles. The lowest BCUT2D eigenvalue weighted by molar-refractivity contribution is 0.237. The van der Waals surface area contributed by atoms with Crippen molar-refractivity contribution < 1.29 is 9.15 Å². The highest BCUT2D eigenvalue weighted by atomic mass is 79.9. The largest absolute Gasteiger partial charge is 0.491 e. The first-order valence-electron chi connectivity index (χ1n) is 6.86. The molecule has 1 atom stereocenters. The molecule has 0 radical (unpaired) electrons. The summed E-state index contributed by atoms with van der Waals surface area (Å²) in [6.45, 7) is 6.99. The van der Waals surface area contributed by atoms with E-state index >= 15 is 0 Å². The molecule has 0 amide bonds. The maximum Gasteiger partial charge on any atom is 0.169 e. The van der Waals surface area contributed by atoms with E-state index in [1.807, 2.05) is 44.2 Å². The van der Waals surface area contributed by atoms with Crippen molar-refractivity contribution in [3.05, 3.63) is 52.4 Å². The average molecular weight is 338 g/mol. The van der Waals surface area contributed by atoms with Gasteiger partial charge in [0.2, 0.25) is 0 Å². The van der Waals surface area contributed by atoms with E-state index < -0.39 is 0 Å². The Kier molecular flexibility index (Phi) is 5.26. The molecule has 1 heterocycles. The number of ether oxygens (including phenoxy) is 1. The third-order valence-electron chi connectivity index (χ3n) is 2.88. The molecular weight excluding hydrogens is 318 g/mol. The molecule has 108 valence electrons. The summed E-state index contributed by atoms with van der Waals surface area (Å²) in [4.78, 5) is 0. The van der Waals surface area contributed by atoms with Crippen molar-refractivity contribution in [2.45, 2.75) is 32.9 Å². The highest BCUT2D eigenvalue weighted by Gasteiger charge is 2.20. The number of hydrogen-bond acceptors (Lipinski definition) is 3. The van der Waals surface area contributed by atoms with Crippen LogP contribution in [0.1, 0.15) is 38.1 Å². The lowest BCUT2D eigenvalue weighted by Gasteiger charge is -2.21. The number of halogens is 1. The van der Waals surface area contributed by atoms with Gasteiger partial charge in [0, 0.05) is 5.56 Å². The predicted octanol–water partition coefficient (Wildman–Crippen LogP) is 4.53. The van der Waals surface area contributed by atoms with Crippen molar-refractivity contribution in [1.82, 2.24) is 5.32 Å². The minimum atomic E-state index is -0.0127. The van der Waals surface area contributed by atoms with E-state index in [1.54, 1.807) is 0 Å². The first-order chi connectivity index (χ1) is 9.61. The van der Waals surface area contributed by atoms with Crippen LogP contribution in [-0.2, 0) is 0 Å². The Morgan fingerprint density at radius 1 is 1.20 bits per heavy atom. The molecule has 2 aromatic rings. The Morgan fingerprint density at radius 3 is 2.55 bits per heavy atom. The lowest BCUT2D eigenvalue weighted by Crippen LogP contribution is -2.22. The van der Waals surface area contributed by atoms with Gasteiger partial charge in [-0.3, -0.25) is 0 Å². The number of hydrogen-bond donors (Lipinski definition) is 1. The van der Waals surface area contributed by atoms with Crippen LogP contribution >= 0.6 is 15.9 Å². The van der Waals surface area contributed by atoms with Crippen molar-refractivity contribution in [1.29, 1.82) is 0 Å². The van der Waals surface area contributed by atoms with Crippen molar-refractivity contribution >= 4 is 15.9 Å². The average Bonchev–Trinajstić information content (AvgIpc) is 2.83. The first-order valence-corrected chi connectivity index (χ1v) is 7.65. The van der Waals surface area contributed by atoms with Gasteiger partial charge in [-0.25, -0.2) is 0 Å². The van der Waals surface area contributed by atoms with Gasteiger partial charge in [0.15, 0.2) is 4.67 Å². The van der Waals surface area contributed by atoms with Crippen LogP contribution in [0.3, 0.4) is 0 Å². The molecule has 4 heteroatoms. The van der Waals surface area contributed by atoms with Gasteiger partial charge < -0.3 is 14.5 Å². The molecular formula is C16H20BrNO2. The number of rotatable bonds is 6. The summed E-state index contributed by atoms with van der Waals surface area (Å²) in [5.41, 5.74) is 1.09. The van der Waals surface area contributed by atoms with Gasteiger partial charge in [0.1, 0.15) is 11.5 Å². The highest BCUT2D eigenvalue weighted by Crippen LogP contribution is 2.32. The Bertz CT molecular complexity index is 551. The molecule has 0 spiro atoms. The van der Waals surface area contributed by atoms with E-state index in [0.29, 0.717) is 0 Å². The third-order valence-corrected chi connectivity index (χ3v) is 3.31. The van der Waals surface area contributed by atoms with E-state index in [2.05, 4.69) is 34.2 Å². The fourth-order valence-electron chi connectivity index (χ4n) is 2.13. The van der Waals surface area contributed by atoms with Crippen LogP contribution in [0, 0.1) is 0 Å². The van der Waals surface area contributed by atoms with Gasteiger partial charge in [-0.2, -0.15) is 0 Å². The standard InChI is InChI=1S/C16H20BrNO2/c1-4-18-16(14-9-10-15(17)20-14)12-7-5-6-8-13(12)19-11(2)3/h5-11,16,18H,4H2,1-3H3. The van der Waals surface area contributed by atoms with Gasteiger partial charge in [0.25, 0.3) is 0 Å². The Balaban J connectivity index is 2.38. The van der Waals surface area contributed by atoms with Gasteiger partial charge in [0.05, 0.1) is 12.1 Å². The van der Waals surface area contributed by atoms with Crippen LogP contribution < -0.4 is 10.1 Å². The van der Waals surface area contributed by atoms with Crippen LogP contribution in [0.15, 0.2) is 45.5 Å². The molecule has 0 saturated carbocycles. The van der Waals surface area contributed by atoms with Gasteiger partial charge in [-0.1, -0.05) is 25.1 Å². The second-order valence-corrected chi connectivity index (χ2v) is 5.62. The summed E-state index contributed by atoms with van der Waals surface area (Å²) in [5.74, 6) is 1.76. The van der Waals surface area contributed by atoms with Crippen LogP contribution in [0.4, 0.5) is 0 Å². The van der Waals surface area contributed by atoms with Gasteiger partial charge in [-0.15, -0.1) is 0 Å². The molecule has 20 heavy (non-hydrogen) atoms. The van der Waals surface area contributed by atoms with Gasteiger partial charge in [-0.05, 0) is 54.5 Å². The van der Waals surface area contributed by atoms with Crippen molar-refractivity contribution in [2.24, 2.45) is 0 Å². The maximum absolute atomic E-state index is 5.91. The van der Waals surface area contributed by atoms with E-state index in [4.69, 9.17) is 9.15 Å². The fraction of sp³-hybridized carbons (Fsp3) is 0.375. The maximum atomic E-state index is 5.91. The highest BCUT2D eigenvalue weighted by molar-refractivity contribution is 9.10. The SMILES string of the molecule is CCNC(c1ccc(Br)o1)c1ccccc1OC(C)C. The smallest absolute Gasteiger partial charge is 0.169 e. The lowest BCUT2D eigenvalue weighted by atomic mass is 10.0. The van der Waals surface area contributed by atoms with Crippen molar-refractivity contribution in [2.75, 3.05) is 6.54 Å². The summed E-state index contributed by atoms with van der Waals surface area (Å²) in [7, 11) is 0. The molecule has 1 aromatic carbocycles. The summed E-state index contributed by atoms with van der Waals surface area (Å²) in [6, 6.07) is 11.9. The quantitative estimate of drug-likeness (QED) is 0.840. The van der Waals surface area contributed by atoms with E-state index in [-0.39, 0.29) is 12.1 Å². The molecule has 0 aliphatic rings. The Morgan fingerprint density at radius 2 is 1.95 bits per heavy atom. The number of furan rings is 1. The van der Waals surface area contributed by atoms with Crippen LogP contribution in [-0.4, -0.2) is 12.6 Å². The van der Waals surface area contributed by atoms with Crippen molar-refractivity contribution in [3.8, 4) is 5.75 Å². The minimum Gasteiger partial charge on any atom is -0.491 e. The third kappa shape index (κ3) is 3.64.